The summed E-state index contributed by atoms with van der Waals surface area (Å²) < 4.78 is 5.42. The lowest BCUT2D eigenvalue weighted by molar-refractivity contribution is -0.890. The summed E-state index contributed by atoms with van der Waals surface area (Å²) in [6.07, 6.45) is 1.24. The first-order valence-corrected chi connectivity index (χ1v) is 8.21. The highest BCUT2D eigenvalue weighted by molar-refractivity contribution is 5.96. The molecule has 128 valence electrons. The predicted octanol–water partition coefficient (Wildman–Crippen LogP) is 1.41. The standard InChI is InChI=1S/C20H20N2O3/c1-22(2)17(14-8-4-3-5-9-14)12-21-20(24)16-13-25-18-11-7-6-10-15(18)19(16)23/h3-11,13,17H,12H2,1-2H3,(H,21,24)/p+1/t17-/m1/s1. The monoisotopic (exact) mass is 337 g/mol. The number of likely N-dealkylation sites (N-methyl/N-ethyl adjacent to an activating group) is 1. The van der Waals surface area contributed by atoms with Crippen LogP contribution in [0.2, 0.25) is 0 Å². The van der Waals surface area contributed by atoms with E-state index in [1.807, 2.05) is 44.4 Å². The summed E-state index contributed by atoms with van der Waals surface area (Å²) in [6, 6.07) is 17.0. The van der Waals surface area contributed by atoms with E-state index in [9.17, 15) is 9.59 Å². The number of carbonyl (C=O) groups is 1. The zero-order valence-electron chi connectivity index (χ0n) is 14.3. The van der Waals surface area contributed by atoms with Crippen LogP contribution in [0.3, 0.4) is 0 Å². The predicted molar refractivity (Wildman–Crippen MR) is 96.8 cm³/mol. The molecule has 0 radical (unpaired) electrons. The second kappa shape index (κ2) is 7.32. The molecule has 0 aliphatic carbocycles. The summed E-state index contributed by atoms with van der Waals surface area (Å²) in [7, 11) is 4.07. The van der Waals surface area contributed by atoms with Crippen molar-refractivity contribution in [2.75, 3.05) is 20.6 Å². The molecule has 1 heterocycles. The Hall–Kier alpha value is -2.92. The highest BCUT2D eigenvalue weighted by atomic mass is 16.3. The number of para-hydroxylation sites is 1. The van der Waals surface area contributed by atoms with E-state index in [0.29, 0.717) is 17.5 Å². The van der Waals surface area contributed by atoms with Crippen molar-refractivity contribution in [3.8, 4) is 0 Å². The van der Waals surface area contributed by atoms with Gasteiger partial charge in [0.05, 0.1) is 26.0 Å². The zero-order chi connectivity index (χ0) is 17.8. The van der Waals surface area contributed by atoms with Gasteiger partial charge in [-0.05, 0) is 12.1 Å². The number of nitrogens with one attached hydrogen (secondary N) is 2. The molecule has 25 heavy (non-hydrogen) atoms. The molecule has 0 spiro atoms. The summed E-state index contributed by atoms with van der Waals surface area (Å²) in [5, 5.41) is 3.27. The molecule has 0 fully saturated rings. The Morgan fingerprint density at radius 1 is 1.08 bits per heavy atom. The van der Waals surface area contributed by atoms with E-state index in [2.05, 4.69) is 5.32 Å². The Morgan fingerprint density at radius 2 is 1.76 bits per heavy atom. The van der Waals surface area contributed by atoms with Gasteiger partial charge in [0.15, 0.2) is 0 Å². The molecule has 5 heteroatoms. The van der Waals surface area contributed by atoms with Crippen LogP contribution in [-0.4, -0.2) is 26.5 Å². The van der Waals surface area contributed by atoms with Crippen LogP contribution < -0.4 is 15.6 Å². The number of hydrogen-bond acceptors (Lipinski definition) is 3. The average molecular weight is 337 g/mol. The minimum atomic E-state index is -0.415. The van der Waals surface area contributed by atoms with Crippen LogP contribution in [-0.2, 0) is 0 Å². The van der Waals surface area contributed by atoms with Crippen molar-refractivity contribution >= 4 is 16.9 Å². The van der Waals surface area contributed by atoms with Gasteiger partial charge in [0.25, 0.3) is 5.91 Å². The third-order valence-corrected chi connectivity index (χ3v) is 4.29. The van der Waals surface area contributed by atoms with E-state index in [1.54, 1.807) is 24.3 Å². The SMILES string of the molecule is C[NH+](C)[C@H](CNC(=O)c1coc2ccccc2c1=O)c1ccccc1. The van der Waals surface area contributed by atoms with Crippen molar-refractivity contribution in [3.05, 3.63) is 82.2 Å². The highest BCUT2D eigenvalue weighted by Crippen LogP contribution is 2.11. The molecule has 1 amide bonds. The lowest BCUT2D eigenvalue weighted by Gasteiger charge is -2.22. The lowest BCUT2D eigenvalue weighted by atomic mass is 10.1. The number of quaternary nitrogens is 1. The van der Waals surface area contributed by atoms with E-state index in [-0.39, 0.29) is 17.0 Å². The normalized spacial score (nSPS) is 12.3. The fourth-order valence-electron chi connectivity index (χ4n) is 2.87. The number of amides is 1. The molecule has 0 aliphatic heterocycles. The number of benzene rings is 2. The summed E-state index contributed by atoms with van der Waals surface area (Å²) in [5.41, 5.74) is 1.32. The fraction of sp³-hybridized carbons (Fsp3) is 0.200. The van der Waals surface area contributed by atoms with E-state index >= 15 is 0 Å². The van der Waals surface area contributed by atoms with Crippen LogP contribution in [0.15, 0.2) is 70.1 Å². The van der Waals surface area contributed by atoms with Gasteiger partial charge < -0.3 is 14.6 Å². The van der Waals surface area contributed by atoms with Crippen LogP contribution in [0.4, 0.5) is 0 Å². The molecule has 0 saturated carbocycles. The molecule has 1 aromatic heterocycles. The van der Waals surface area contributed by atoms with Crippen LogP contribution in [0, 0.1) is 0 Å². The van der Waals surface area contributed by atoms with Gasteiger partial charge in [-0.2, -0.15) is 0 Å². The Morgan fingerprint density at radius 3 is 2.48 bits per heavy atom. The van der Waals surface area contributed by atoms with Gasteiger partial charge in [0.1, 0.15) is 23.5 Å². The first-order chi connectivity index (χ1) is 12.1. The van der Waals surface area contributed by atoms with Crippen LogP contribution in [0.25, 0.3) is 11.0 Å². The third-order valence-electron chi connectivity index (χ3n) is 4.29. The average Bonchev–Trinajstić information content (AvgIpc) is 2.63. The minimum Gasteiger partial charge on any atom is -0.463 e. The van der Waals surface area contributed by atoms with Gasteiger partial charge >= 0.3 is 0 Å². The first-order valence-electron chi connectivity index (χ1n) is 8.21. The summed E-state index contributed by atoms with van der Waals surface area (Å²) in [6.45, 7) is 0.428. The smallest absolute Gasteiger partial charge is 0.258 e. The maximum absolute atomic E-state index is 12.5. The highest BCUT2D eigenvalue weighted by Gasteiger charge is 2.20. The molecule has 0 unspecified atom stereocenters. The molecule has 1 atom stereocenters. The fourth-order valence-corrected chi connectivity index (χ4v) is 2.87. The van der Waals surface area contributed by atoms with Crippen molar-refractivity contribution in [2.45, 2.75) is 6.04 Å². The largest absolute Gasteiger partial charge is 0.463 e. The van der Waals surface area contributed by atoms with Gasteiger partial charge in [-0.1, -0.05) is 42.5 Å². The topological polar surface area (TPSA) is 63.8 Å². The molecule has 0 bridgehead atoms. The molecule has 5 nitrogen and oxygen atoms in total. The second-order valence-corrected chi connectivity index (χ2v) is 6.23. The van der Waals surface area contributed by atoms with Gasteiger partial charge in [0.2, 0.25) is 5.43 Å². The number of hydrogen-bond donors (Lipinski definition) is 2. The van der Waals surface area contributed by atoms with Crippen molar-refractivity contribution in [2.24, 2.45) is 0 Å². The van der Waals surface area contributed by atoms with Gasteiger partial charge in [0, 0.05) is 5.56 Å². The van der Waals surface area contributed by atoms with Gasteiger partial charge in [-0.25, -0.2) is 0 Å². The van der Waals surface area contributed by atoms with E-state index in [1.165, 1.54) is 11.2 Å². The third kappa shape index (κ3) is 3.61. The Balaban J connectivity index is 1.80. The van der Waals surface area contributed by atoms with Crippen LogP contribution >= 0.6 is 0 Å². The first kappa shape index (κ1) is 16.9. The minimum absolute atomic E-state index is 0.0271. The second-order valence-electron chi connectivity index (χ2n) is 6.23. The Kier molecular flexibility index (Phi) is 4.95. The number of fused-ring (bicyclic) bond motifs is 1. The number of carbonyl (C=O) groups excluding carboxylic acids is 1. The molecule has 0 aliphatic rings. The Bertz CT molecular complexity index is 932. The quantitative estimate of drug-likeness (QED) is 0.740. The van der Waals surface area contributed by atoms with E-state index in [4.69, 9.17) is 4.42 Å². The molecular weight excluding hydrogens is 316 g/mol. The summed E-state index contributed by atoms with van der Waals surface area (Å²) in [4.78, 5) is 26.2. The molecule has 0 saturated heterocycles. The summed E-state index contributed by atoms with van der Waals surface area (Å²) in [5.74, 6) is -0.415. The molecule has 3 aromatic rings. The van der Waals surface area contributed by atoms with Crippen molar-refractivity contribution < 1.29 is 14.1 Å². The maximum Gasteiger partial charge on any atom is 0.258 e. The van der Waals surface area contributed by atoms with Crippen LogP contribution in [0.5, 0.6) is 0 Å². The Labute approximate surface area is 145 Å². The van der Waals surface area contributed by atoms with Crippen LogP contribution in [0.1, 0.15) is 22.0 Å². The van der Waals surface area contributed by atoms with Crippen molar-refractivity contribution in [1.82, 2.24) is 5.32 Å². The molecular formula is C20H21N2O3+. The summed E-state index contributed by atoms with van der Waals surface area (Å²) >= 11 is 0. The van der Waals surface area contributed by atoms with Gasteiger partial charge in [-0.15, -0.1) is 0 Å². The molecule has 2 N–H and O–H groups in total. The van der Waals surface area contributed by atoms with E-state index in [0.717, 1.165) is 5.56 Å². The van der Waals surface area contributed by atoms with Crippen molar-refractivity contribution in [3.63, 3.8) is 0 Å². The maximum atomic E-state index is 12.5. The lowest BCUT2D eigenvalue weighted by Crippen LogP contribution is -3.07. The molecule has 3 rings (SSSR count). The number of rotatable bonds is 5. The van der Waals surface area contributed by atoms with Gasteiger partial charge in [-0.3, -0.25) is 9.59 Å². The zero-order valence-corrected chi connectivity index (χ0v) is 14.3. The molecule has 2 aromatic carbocycles. The van der Waals surface area contributed by atoms with Crippen molar-refractivity contribution in [1.29, 1.82) is 0 Å². The van der Waals surface area contributed by atoms with E-state index < -0.39 is 5.91 Å².